The lowest BCUT2D eigenvalue weighted by Crippen LogP contribution is -2.49. The number of nitrogens with one attached hydrogen (secondary N) is 2. The van der Waals surface area contributed by atoms with Crippen LogP contribution in [0.2, 0.25) is 0 Å². The van der Waals surface area contributed by atoms with Crippen LogP contribution in [0.3, 0.4) is 0 Å². The van der Waals surface area contributed by atoms with Crippen molar-refractivity contribution in [2.24, 2.45) is 10.9 Å². The van der Waals surface area contributed by atoms with Crippen molar-refractivity contribution in [1.82, 2.24) is 25.4 Å². The maximum Gasteiger partial charge on any atom is 0.191 e. The van der Waals surface area contributed by atoms with E-state index in [0.29, 0.717) is 5.92 Å². The predicted molar refractivity (Wildman–Crippen MR) is 108 cm³/mol. The quantitative estimate of drug-likeness (QED) is 0.630. The van der Waals surface area contributed by atoms with Crippen LogP contribution in [0, 0.1) is 12.8 Å². The molecule has 1 aromatic heterocycles. The van der Waals surface area contributed by atoms with Crippen LogP contribution in [0.5, 0.6) is 0 Å². The topological polar surface area (TPSA) is 67.1 Å². The zero-order chi connectivity index (χ0) is 18.7. The average molecular weight is 367 g/mol. The SMILES string of the molecule is CN=C(NCC1CCc2nnc(C)n2C1)NCC1(c2ccccc2)CCC1. The molecule has 0 spiro atoms. The minimum absolute atomic E-state index is 0.262. The van der Waals surface area contributed by atoms with E-state index < -0.39 is 0 Å². The molecular formula is C21H30N6. The van der Waals surface area contributed by atoms with Crippen LogP contribution in [0.25, 0.3) is 0 Å². The Hall–Kier alpha value is -2.37. The van der Waals surface area contributed by atoms with Crippen molar-refractivity contribution in [3.05, 3.63) is 47.5 Å². The molecule has 0 radical (unpaired) electrons. The molecule has 2 heterocycles. The molecule has 6 heteroatoms. The van der Waals surface area contributed by atoms with Crippen molar-refractivity contribution in [3.63, 3.8) is 0 Å². The highest BCUT2D eigenvalue weighted by atomic mass is 15.3. The van der Waals surface area contributed by atoms with Gasteiger partial charge in [0.15, 0.2) is 5.96 Å². The van der Waals surface area contributed by atoms with Crippen molar-refractivity contribution in [3.8, 4) is 0 Å². The van der Waals surface area contributed by atoms with E-state index in [-0.39, 0.29) is 5.41 Å². The molecule has 4 rings (SSSR count). The standard InChI is InChI=1S/C21H30N6/c1-16-25-26-19-10-9-17(14-27(16)19)13-23-20(22-2)24-15-21(11-6-12-21)18-7-4-3-5-8-18/h3-5,7-8,17H,6,9-15H2,1-2H3,(H2,22,23,24). The number of benzene rings is 1. The van der Waals surface area contributed by atoms with Gasteiger partial charge in [0, 0.05) is 38.5 Å². The smallest absolute Gasteiger partial charge is 0.191 e. The molecule has 1 atom stereocenters. The largest absolute Gasteiger partial charge is 0.356 e. The molecule has 0 amide bonds. The molecule has 1 aromatic carbocycles. The fourth-order valence-electron chi connectivity index (χ4n) is 4.37. The number of guanidine groups is 1. The van der Waals surface area contributed by atoms with Crippen LogP contribution in [-0.4, -0.2) is 40.9 Å². The third-order valence-electron chi connectivity index (χ3n) is 6.30. The minimum Gasteiger partial charge on any atom is -0.356 e. The minimum atomic E-state index is 0.262. The summed E-state index contributed by atoms with van der Waals surface area (Å²) in [4.78, 5) is 4.44. The van der Waals surface area contributed by atoms with Gasteiger partial charge in [0.1, 0.15) is 11.6 Å². The molecule has 6 nitrogen and oxygen atoms in total. The van der Waals surface area contributed by atoms with Crippen LogP contribution < -0.4 is 10.6 Å². The predicted octanol–water partition coefficient (Wildman–Crippen LogP) is 2.44. The number of aromatic nitrogens is 3. The first-order valence-corrected chi connectivity index (χ1v) is 10.1. The van der Waals surface area contributed by atoms with Gasteiger partial charge >= 0.3 is 0 Å². The Morgan fingerprint density at radius 2 is 2.04 bits per heavy atom. The maximum atomic E-state index is 4.44. The highest BCUT2D eigenvalue weighted by Gasteiger charge is 2.38. The van der Waals surface area contributed by atoms with Crippen LogP contribution in [-0.2, 0) is 18.4 Å². The van der Waals surface area contributed by atoms with Crippen LogP contribution in [0.1, 0.15) is 42.9 Å². The molecule has 1 unspecified atom stereocenters. The molecule has 2 N–H and O–H groups in total. The Bertz CT molecular complexity index is 790. The van der Waals surface area contributed by atoms with Crippen molar-refractivity contribution in [2.45, 2.75) is 51.0 Å². The number of rotatable bonds is 5. The second-order valence-corrected chi connectivity index (χ2v) is 7.99. The van der Waals surface area contributed by atoms with Gasteiger partial charge in [-0.15, -0.1) is 10.2 Å². The lowest BCUT2D eigenvalue weighted by Gasteiger charge is -2.43. The molecule has 2 aliphatic rings. The fourth-order valence-corrected chi connectivity index (χ4v) is 4.37. The van der Waals surface area contributed by atoms with Gasteiger partial charge in [-0.1, -0.05) is 36.8 Å². The summed E-state index contributed by atoms with van der Waals surface area (Å²) in [7, 11) is 1.86. The first-order valence-electron chi connectivity index (χ1n) is 10.1. The Morgan fingerprint density at radius 3 is 2.74 bits per heavy atom. The molecule has 0 saturated heterocycles. The van der Waals surface area contributed by atoms with Crippen molar-refractivity contribution >= 4 is 5.96 Å². The number of hydrogen-bond donors (Lipinski definition) is 2. The monoisotopic (exact) mass is 366 g/mol. The Kier molecular flexibility index (Phi) is 5.14. The number of fused-ring (bicyclic) bond motifs is 1. The summed E-state index contributed by atoms with van der Waals surface area (Å²) in [5.74, 6) is 3.63. The lowest BCUT2D eigenvalue weighted by atomic mass is 9.64. The third kappa shape index (κ3) is 3.70. The molecular weight excluding hydrogens is 336 g/mol. The van der Waals surface area contributed by atoms with Crippen molar-refractivity contribution in [2.75, 3.05) is 20.1 Å². The Morgan fingerprint density at radius 1 is 1.22 bits per heavy atom. The van der Waals surface area contributed by atoms with E-state index in [1.807, 2.05) is 14.0 Å². The van der Waals surface area contributed by atoms with E-state index in [9.17, 15) is 0 Å². The first kappa shape index (κ1) is 18.0. The highest BCUT2D eigenvalue weighted by Crippen LogP contribution is 2.43. The fraction of sp³-hybridized carbons (Fsp3) is 0.571. The Labute approximate surface area is 161 Å². The van der Waals surface area contributed by atoms with Gasteiger partial charge in [-0.2, -0.15) is 0 Å². The van der Waals surface area contributed by atoms with E-state index in [2.05, 4.69) is 60.7 Å². The summed E-state index contributed by atoms with van der Waals surface area (Å²) in [5.41, 5.74) is 1.71. The van der Waals surface area contributed by atoms with Gasteiger partial charge in [-0.3, -0.25) is 4.99 Å². The molecule has 1 fully saturated rings. The van der Waals surface area contributed by atoms with E-state index in [1.54, 1.807) is 0 Å². The molecule has 2 aromatic rings. The summed E-state index contributed by atoms with van der Waals surface area (Å²) in [6, 6.07) is 10.9. The summed E-state index contributed by atoms with van der Waals surface area (Å²) >= 11 is 0. The Balaban J connectivity index is 1.31. The second-order valence-electron chi connectivity index (χ2n) is 7.99. The normalized spacial score (nSPS) is 21.3. The summed E-state index contributed by atoms with van der Waals surface area (Å²) in [5, 5.41) is 15.6. The molecule has 1 aliphatic heterocycles. The highest BCUT2D eigenvalue weighted by molar-refractivity contribution is 5.79. The molecule has 1 aliphatic carbocycles. The van der Waals surface area contributed by atoms with Gasteiger partial charge in [-0.05, 0) is 37.7 Å². The zero-order valence-electron chi connectivity index (χ0n) is 16.4. The number of hydrogen-bond acceptors (Lipinski definition) is 3. The second kappa shape index (κ2) is 7.71. The third-order valence-corrected chi connectivity index (χ3v) is 6.30. The van der Waals surface area contributed by atoms with Crippen molar-refractivity contribution in [1.29, 1.82) is 0 Å². The van der Waals surface area contributed by atoms with E-state index in [4.69, 9.17) is 0 Å². The summed E-state index contributed by atoms with van der Waals surface area (Å²) < 4.78 is 2.25. The number of aryl methyl sites for hydroxylation is 2. The van der Waals surface area contributed by atoms with Crippen LogP contribution in [0.15, 0.2) is 35.3 Å². The number of aliphatic imine (C=N–C) groups is 1. The van der Waals surface area contributed by atoms with Crippen molar-refractivity contribution < 1.29 is 0 Å². The zero-order valence-corrected chi connectivity index (χ0v) is 16.4. The van der Waals surface area contributed by atoms with Gasteiger partial charge in [0.2, 0.25) is 0 Å². The number of nitrogens with zero attached hydrogens (tertiary/aromatic N) is 4. The van der Waals surface area contributed by atoms with Gasteiger partial charge in [-0.25, -0.2) is 0 Å². The van der Waals surface area contributed by atoms with E-state index in [0.717, 1.165) is 50.1 Å². The van der Waals surface area contributed by atoms with E-state index in [1.165, 1.54) is 24.8 Å². The molecule has 144 valence electrons. The van der Waals surface area contributed by atoms with Crippen LogP contribution in [0.4, 0.5) is 0 Å². The molecule has 0 bridgehead atoms. The maximum absolute atomic E-state index is 4.44. The van der Waals surface area contributed by atoms with E-state index >= 15 is 0 Å². The van der Waals surface area contributed by atoms with Gasteiger partial charge < -0.3 is 15.2 Å². The summed E-state index contributed by atoms with van der Waals surface area (Å²) in [6.07, 6.45) is 5.97. The van der Waals surface area contributed by atoms with Crippen LogP contribution >= 0.6 is 0 Å². The van der Waals surface area contributed by atoms with Gasteiger partial charge in [0.05, 0.1) is 0 Å². The lowest BCUT2D eigenvalue weighted by molar-refractivity contribution is 0.243. The first-order chi connectivity index (χ1) is 13.2. The summed E-state index contributed by atoms with van der Waals surface area (Å²) in [6.45, 7) is 4.89. The average Bonchev–Trinajstić information content (AvgIpc) is 3.04. The van der Waals surface area contributed by atoms with Gasteiger partial charge in [0.25, 0.3) is 0 Å². The molecule has 1 saturated carbocycles. The molecule has 27 heavy (non-hydrogen) atoms.